The Morgan fingerprint density at radius 2 is 1.71 bits per heavy atom. The number of carbonyl (C=O) groups excluding carboxylic acids is 2. The summed E-state index contributed by atoms with van der Waals surface area (Å²) in [7, 11) is 2.94. The van der Waals surface area contributed by atoms with E-state index in [0.29, 0.717) is 22.4 Å². The largest absolute Gasteiger partial charge is 0.493 e. The first-order valence-electron chi connectivity index (χ1n) is 9.56. The SMILES string of the molecule is COc1cc2oc(=O)c(CC(=O)NCC(=O)N[C@@H](C(=O)O)C(C)C)c(C)c2cc1OC. The molecule has 168 valence electrons. The molecule has 0 unspecified atom stereocenters. The Morgan fingerprint density at radius 1 is 1.10 bits per heavy atom. The lowest BCUT2D eigenvalue weighted by Crippen LogP contribution is -2.48. The fourth-order valence-electron chi connectivity index (χ4n) is 3.06. The van der Waals surface area contributed by atoms with Gasteiger partial charge in [0.2, 0.25) is 11.8 Å². The van der Waals surface area contributed by atoms with Crippen LogP contribution in [0.3, 0.4) is 0 Å². The maximum Gasteiger partial charge on any atom is 0.340 e. The minimum absolute atomic E-state index is 0.142. The number of carbonyl (C=O) groups is 3. The van der Waals surface area contributed by atoms with Crippen molar-refractivity contribution in [2.24, 2.45) is 5.92 Å². The number of aryl methyl sites for hydroxylation is 1. The van der Waals surface area contributed by atoms with Crippen molar-refractivity contribution < 1.29 is 33.4 Å². The fourth-order valence-corrected chi connectivity index (χ4v) is 3.06. The number of hydrogen-bond donors (Lipinski definition) is 3. The molecule has 0 fully saturated rings. The topological polar surface area (TPSA) is 144 Å². The van der Waals surface area contributed by atoms with Crippen molar-refractivity contribution in [2.75, 3.05) is 20.8 Å². The highest BCUT2D eigenvalue weighted by atomic mass is 16.5. The summed E-state index contributed by atoms with van der Waals surface area (Å²) in [6.45, 7) is 4.58. The van der Waals surface area contributed by atoms with Crippen LogP contribution in [0.15, 0.2) is 21.3 Å². The second kappa shape index (κ2) is 9.96. The van der Waals surface area contributed by atoms with Crippen molar-refractivity contribution in [3.05, 3.63) is 33.7 Å². The normalized spacial score (nSPS) is 11.8. The molecule has 0 spiro atoms. The highest BCUT2D eigenvalue weighted by molar-refractivity contribution is 5.90. The van der Waals surface area contributed by atoms with Gasteiger partial charge in [-0.15, -0.1) is 0 Å². The van der Waals surface area contributed by atoms with Crippen LogP contribution < -0.4 is 25.7 Å². The van der Waals surface area contributed by atoms with Gasteiger partial charge in [-0.25, -0.2) is 9.59 Å². The number of nitrogens with one attached hydrogen (secondary N) is 2. The van der Waals surface area contributed by atoms with E-state index >= 15 is 0 Å². The van der Waals surface area contributed by atoms with Gasteiger partial charge in [0, 0.05) is 11.5 Å². The van der Waals surface area contributed by atoms with Crippen LogP contribution in [0.4, 0.5) is 0 Å². The summed E-state index contributed by atoms with van der Waals surface area (Å²) < 4.78 is 15.8. The number of carboxylic acids is 1. The minimum Gasteiger partial charge on any atom is -0.493 e. The number of aliphatic carboxylic acids is 1. The molecule has 1 atom stereocenters. The lowest BCUT2D eigenvalue weighted by atomic mass is 10.0. The average molecular weight is 434 g/mol. The molecule has 0 aliphatic carbocycles. The second-order valence-corrected chi connectivity index (χ2v) is 7.28. The molecule has 31 heavy (non-hydrogen) atoms. The Kier molecular flexibility index (Phi) is 7.62. The molecule has 0 saturated carbocycles. The number of methoxy groups -OCH3 is 2. The van der Waals surface area contributed by atoms with E-state index in [1.165, 1.54) is 20.3 Å². The van der Waals surface area contributed by atoms with Crippen LogP contribution in [0.5, 0.6) is 11.5 Å². The third-order valence-corrected chi connectivity index (χ3v) is 4.82. The smallest absolute Gasteiger partial charge is 0.340 e. The molecule has 10 nitrogen and oxygen atoms in total. The number of carboxylic acid groups (broad SMARTS) is 1. The predicted octanol–water partition coefficient (Wildman–Crippen LogP) is 1.00. The first-order valence-corrected chi connectivity index (χ1v) is 9.56. The number of hydrogen-bond acceptors (Lipinski definition) is 7. The van der Waals surface area contributed by atoms with Gasteiger partial charge < -0.3 is 29.6 Å². The molecule has 10 heteroatoms. The van der Waals surface area contributed by atoms with Gasteiger partial charge in [-0.3, -0.25) is 9.59 Å². The Bertz CT molecular complexity index is 1060. The molecule has 1 aromatic carbocycles. The zero-order chi connectivity index (χ0) is 23.3. The number of ether oxygens (including phenoxy) is 2. The molecule has 3 N–H and O–H groups in total. The summed E-state index contributed by atoms with van der Waals surface area (Å²) in [6, 6.07) is 2.12. The Hall–Kier alpha value is -3.56. The molecule has 2 amide bonds. The molecule has 0 saturated heterocycles. The second-order valence-electron chi connectivity index (χ2n) is 7.28. The van der Waals surface area contributed by atoms with Gasteiger partial charge in [-0.1, -0.05) is 13.8 Å². The molecule has 1 aromatic heterocycles. The summed E-state index contributed by atoms with van der Waals surface area (Å²) in [5, 5.41) is 14.4. The third kappa shape index (κ3) is 5.53. The predicted molar refractivity (Wildman–Crippen MR) is 111 cm³/mol. The number of rotatable bonds is 9. The summed E-state index contributed by atoms with van der Waals surface area (Å²) in [5.74, 6) is -1.87. The first kappa shape index (κ1) is 23.7. The summed E-state index contributed by atoms with van der Waals surface area (Å²) >= 11 is 0. The van der Waals surface area contributed by atoms with Crippen LogP contribution in [0.2, 0.25) is 0 Å². The zero-order valence-electron chi connectivity index (χ0n) is 18.0. The monoisotopic (exact) mass is 434 g/mol. The maximum atomic E-state index is 12.4. The van der Waals surface area contributed by atoms with Gasteiger partial charge >= 0.3 is 11.6 Å². The maximum absolute atomic E-state index is 12.4. The minimum atomic E-state index is -1.16. The van der Waals surface area contributed by atoms with Gasteiger partial charge in [-0.2, -0.15) is 0 Å². The molecule has 0 aliphatic heterocycles. The van der Waals surface area contributed by atoms with Crippen LogP contribution >= 0.6 is 0 Å². The quantitative estimate of drug-likeness (QED) is 0.496. The molecular formula is C21H26N2O8. The Labute approximate surface area is 178 Å². The zero-order valence-corrected chi connectivity index (χ0v) is 18.0. The molecule has 2 rings (SSSR count). The average Bonchev–Trinajstić information content (AvgIpc) is 2.72. The Morgan fingerprint density at radius 3 is 2.26 bits per heavy atom. The molecule has 1 heterocycles. The van der Waals surface area contributed by atoms with Gasteiger partial charge in [-0.05, 0) is 24.5 Å². The van der Waals surface area contributed by atoms with E-state index in [1.54, 1.807) is 26.8 Å². The highest BCUT2D eigenvalue weighted by Crippen LogP contribution is 2.33. The molecule has 0 radical (unpaired) electrons. The van der Waals surface area contributed by atoms with E-state index in [4.69, 9.17) is 19.0 Å². The number of benzene rings is 1. The van der Waals surface area contributed by atoms with E-state index in [-0.39, 0.29) is 23.5 Å². The number of amides is 2. The third-order valence-electron chi connectivity index (χ3n) is 4.82. The molecule has 2 aromatic rings. The van der Waals surface area contributed by atoms with Crippen LogP contribution in [0, 0.1) is 12.8 Å². The van der Waals surface area contributed by atoms with Crippen molar-refractivity contribution in [2.45, 2.75) is 33.2 Å². The summed E-state index contributed by atoms with van der Waals surface area (Å²) in [6.07, 6.45) is -0.307. The van der Waals surface area contributed by atoms with E-state index in [1.807, 2.05) is 0 Å². The first-order chi connectivity index (χ1) is 14.6. The van der Waals surface area contributed by atoms with Crippen molar-refractivity contribution in [1.29, 1.82) is 0 Å². The Balaban J connectivity index is 2.16. The summed E-state index contributed by atoms with van der Waals surface area (Å²) in [4.78, 5) is 47.8. The molecule has 0 bridgehead atoms. The fraction of sp³-hybridized carbons (Fsp3) is 0.429. The van der Waals surface area contributed by atoms with Gasteiger partial charge in [0.1, 0.15) is 11.6 Å². The summed E-state index contributed by atoms with van der Waals surface area (Å²) in [5.41, 5.74) is 0.292. The van der Waals surface area contributed by atoms with Crippen molar-refractivity contribution in [3.63, 3.8) is 0 Å². The van der Waals surface area contributed by atoms with Crippen molar-refractivity contribution >= 4 is 28.8 Å². The molecular weight excluding hydrogens is 408 g/mol. The molecule has 0 aliphatic rings. The van der Waals surface area contributed by atoms with Gasteiger partial charge in [0.15, 0.2) is 11.5 Å². The highest BCUT2D eigenvalue weighted by Gasteiger charge is 2.24. The van der Waals surface area contributed by atoms with Crippen LogP contribution in [-0.2, 0) is 20.8 Å². The van der Waals surface area contributed by atoms with Gasteiger partial charge in [0.25, 0.3) is 0 Å². The number of fused-ring (bicyclic) bond motifs is 1. The van der Waals surface area contributed by atoms with Crippen molar-refractivity contribution in [3.8, 4) is 11.5 Å². The van der Waals surface area contributed by atoms with Gasteiger partial charge in [0.05, 0.1) is 32.7 Å². The van der Waals surface area contributed by atoms with E-state index < -0.39 is 36.0 Å². The van der Waals surface area contributed by atoms with Crippen LogP contribution in [0.25, 0.3) is 11.0 Å². The standard InChI is InChI=1S/C21H26N2O8/c1-10(2)19(20(26)27)23-18(25)9-22-17(24)7-13-11(3)12-6-15(29-4)16(30-5)8-14(12)31-21(13)28/h6,8,10,19H,7,9H2,1-5H3,(H,22,24)(H,23,25)(H,26,27)/t19-/m1/s1. The van der Waals surface area contributed by atoms with E-state index in [9.17, 15) is 19.2 Å². The van der Waals surface area contributed by atoms with E-state index in [0.717, 1.165) is 0 Å². The van der Waals surface area contributed by atoms with Crippen LogP contribution in [-0.4, -0.2) is 49.7 Å². The lowest BCUT2D eigenvalue weighted by molar-refractivity contribution is -0.143. The lowest BCUT2D eigenvalue weighted by Gasteiger charge is -2.18. The van der Waals surface area contributed by atoms with E-state index in [2.05, 4.69) is 10.6 Å². The van der Waals surface area contributed by atoms with Crippen LogP contribution in [0.1, 0.15) is 25.0 Å². The van der Waals surface area contributed by atoms with Crippen molar-refractivity contribution in [1.82, 2.24) is 10.6 Å².